The Morgan fingerprint density at radius 1 is 0.266 bits per heavy atom. The van der Waals surface area contributed by atoms with Crippen molar-refractivity contribution in [2.24, 2.45) is 42.3 Å². The number of hydrogen-bond donors (Lipinski definition) is 0. The molecular weight excluding hydrogens is 1820 g/mol. The van der Waals surface area contributed by atoms with Gasteiger partial charge in [-0.05, 0) is 128 Å². The second kappa shape index (κ2) is 49.2. The van der Waals surface area contributed by atoms with Crippen molar-refractivity contribution < 1.29 is 43.0 Å². The van der Waals surface area contributed by atoms with E-state index in [1.807, 2.05) is 263 Å². The highest BCUT2D eigenvalue weighted by atomic mass is 35.5. The number of Topliss-reactive ketones (excluding diaryl/α,β-unsaturated/α-hetero) is 6. The number of nitrogens with zero attached hydrogens (tertiary/aromatic N) is 12. The van der Waals surface area contributed by atoms with Gasteiger partial charge in [0.05, 0.1) is 126 Å². The van der Waals surface area contributed by atoms with Crippen LogP contribution in [0.15, 0.2) is 320 Å². The number of ether oxygens (including phenoxy) is 3. The Labute approximate surface area is 829 Å². The average Bonchev–Trinajstić information content (AvgIpc) is 0.813. The number of carbonyl (C=O) groups excluding carboxylic acids is 6. The molecule has 0 aliphatic heterocycles. The number of rotatable bonds is 29. The van der Waals surface area contributed by atoms with Crippen molar-refractivity contribution in [2.45, 2.75) is 104 Å². The summed E-state index contributed by atoms with van der Waals surface area (Å²) in [6.07, 6.45) is 3.91. The Bertz CT molecular complexity index is 8150. The zero-order valence-corrected chi connectivity index (χ0v) is 82.2. The third kappa shape index (κ3) is 27.4. The number of aromatic nitrogens is 12. The summed E-state index contributed by atoms with van der Waals surface area (Å²) in [5.41, 5.74) is 10.9. The molecule has 0 amide bonds. The zero-order valence-electron chi connectivity index (χ0n) is 81.5. The summed E-state index contributed by atoms with van der Waals surface area (Å²) in [7, 11) is 12.9. The van der Waals surface area contributed by atoms with Crippen molar-refractivity contribution in [3.8, 4) is 17.2 Å². The molecule has 0 saturated heterocycles. The van der Waals surface area contributed by atoms with Gasteiger partial charge in [-0.25, -0.2) is 28.1 Å². The van der Waals surface area contributed by atoms with E-state index in [9.17, 15) is 57.5 Å². The molecule has 0 fully saturated rings. The van der Waals surface area contributed by atoms with Gasteiger partial charge in [-0.3, -0.25) is 57.5 Å². The summed E-state index contributed by atoms with van der Waals surface area (Å²) in [4.78, 5) is 147. The van der Waals surface area contributed by atoms with Gasteiger partial charge in [-0.15, -0.1) is 0 Å². The standard InChI is InChI=1S/2C20H20N2O3.C19H18N2O3.2C19H18N2O2.C18H15ClN2O2/c1-22-20(24)18-6-4-3-5-17(18)19(21-22)13-15(23)10-7-14-8-11-16(25-2)12-9-14;1-3-25-16-10-8-14(9-11-16)12-15(23)13-19-17-6-4-5-7-18(17)20(24)22(2)21-19;1-21-19(23)16-9-5-4-8-15(16)17(20-21)12-14(22)11-13-7-3-6-10-18(13)24-2;1-13-6-5-7-14(10-13)11-15(22)12-18-16-8-3-4-9-17(16)19(23)21(2)20-18;1-13-7-9-14(10-8-13)11-15(22)12-18-16-5-3-4-6-17(16)19(23)21(2)20-18;1-21-18(23)15-8-4-3-7-14(15)17(20-21)11-13(22)10-12-6-2-5-9-16(12)19/h3-6,8-9,11-12H,7,10,13H2,1-2H3;4-11H,3,12-13H2,1-2H3;3-10H,11-12H2,1-2H3;2*3-10H,11-12H2,1-2H3;2-9H,10-11H2,1H3. The van der Waals surface area contributed by atoms with E-state index in [1.165, 1.54) is 33.7 Å². The number of benzene rings is 12. The van der Waals surface area contributed by atoms with E-state index >= 15 is 0 Å². The van der Waals surface area contributed by atoms with Crippen molar-refractivity contribution in [2.75, 3.05) is 20.8 Å². The maximum Gasteiger partial charge on any atom is 0.274 e. The zero-order chi connectivity index (χ0) is 102. The molecule has 0 radical (unpaired) electrons. The van der Waals surface area contributed by atoms with Gasteiger partial charge in [0.1, 0.15) is 51.9 Å². The van der Waals surface area contributed by atoms with E-state index < -0.39 is 0 Å². The van der Waals surface area contributed by atoms with Gasteiger partial charge in [-0.2, -0.15) is 30.6 Å². The van der Waals surface area contributed by atoms with Crippen LogP contribution in [0.2, 0.25) is 5.02 Å². The maximum absolute atomic E-state index is 12.5. The van der Waals surface area contributed by atoms with Crippen molar-refractivity contribution in [1.29, 1.82) is 0 Å². The average molecular weight is 1930 g/mol. The van der Waals surface area contributed by atoms with Crippen LogP contribution in [0.5, 0.6) is 17.2 Å². The first kappa shape index (κ1) is 104. The molecule has 0 spiro atoms. The van der Waals surface area contributed by atoms with E-state index in [0.717, 1.165) is 82.8 Å². The highest BCUT2D eigenvalue weighted by Crippen LogP contribution is 2.26. The van der Waals surface area contributed by atoms with Crippen LogP contribution in [0.3, 0.4) is 0 Å². The van der Waals surface area contributed by atoms with Crippen LogP contribution in [0, 0.1) is 13.8 Å². The lowest BCUT2D eigenvalue weighted by atomic mass is 10.0. The smallest absolute Gasteiger partial charge is 0.274 e. The first-order valence-electron chi connectivity index (χ1n) is 46.5. The van der Waals surface area contributed by atoms with Gasteiger partial charge in [0, 0.05) is 124 Å². The van der Waals surface area contributed by atoms with Gasteiger partial charge in [0.25, 0.3) is 33.4 Å². The highest BCUT2D eigenvalue weighted by Gasteiger charge is 2.22. The molecule has 0 bridgehead atoms. The fraction of sp³-hybridized carbons (Fsp3) is 0.217. The SMILES string of the molecule is CCOc1ccc(CC(=O)Cc2nn(C)c(=O)c3ccccc23)cc1.COc1ccc(CCC(=O)Cc2nn(C)c(=O)c3ccccc23)cc1.COc1ccccc1CC(=O)Cc1nn(C)c(=O)c2ccccc12.Cc1ccc(CC(=O)Cc2nn(C)c(=O)c3ccccc23)cc1.Cc1cccc(CC(=O)Cc2nn(C)c(=O)c3ccccc23)c1.Cn1nc(CC(=O)Cc2ccccc2Cl)c2ccccc2c1=O. The van der Waals surface area contributed by atoms with E-state index in [4.69, 9.17) is 25.8 Å². The number of para-hydroxylation sites is 1. The predicted octanol–water partition coefficient (Wildman–Crippen LogP) is 15.8. The quantitative estimate of drug-likeness (QED) is 0.0420. The highest BCUT2D eigenvalue weighted by molar-refractivity contribution is 6.31. The molecule has 143 heavy (non-hydrogen) atoms. The minimum atomic E-state index is -0.164. The summed E-state index contributed by atoms with van der Waals surface area (Å²) in [6.45, 7) is 6.58. The van der Waals surface area contributed by atoms with Crippen LogP contribution in [0.4, 0.5) is 0 Å². The Balaban J connectivity index is 0.000000144. The molecule has 0 N–H and O–H groups in total. The number of methoxy groups -OCH3 is 2. The van der Waals surface area contributed by atoms with Crippen LogP contribution in [-0.4, -0.2) is 114 Å². The van der Waals surface area contributed by atoms with Gasteiger partial charge < -0.3 is 14.2 Å². The molecule has 0 aliphatic carbocycles. The lowest BCUT2D eigenvalue weighted by molar-refractivity contribution is -0.119. The van der Waals surface area contributed by atoms with Crippen LogP contribution < -0.4 is 47.6 Å². The number of ketones is 6. The number of hydrogen-bond acceptors (Lipinski definition) is 21. The topological polar surface area (TPSA) is 339 Å². The number of carbonyl (C=O) groups is 6. The third-order valence-corrected chi connectivity index (χ3v) is 24.2. The first-order chi connectivity index (χ1) is 68.9. The fourth-order valence-electron chi connectivity index (χ4n) is 16.6. The van der Waals surface area contributed by atoms with Crippen LogP contribution >= 0.6 is 11.6 Å². The Hall–Kier alpha value is -16.8. The largest absolute Gasteiger partial charge is 0.497 e. The second-order valence-electron chi connectivity index (χ2n) is 34.5. The van der Waals surface area contributed by atoms with Crippen LogP contribution in [-0.2, 0) is 148 Å². The molecule has 0 aliphatic rings. The number of halogens is 1. The van der Waals surface area contributed by atoms with Crippen LogP contribution in [0.1, 0.15) is 92.0 Å². The normalized spacial score (nSPS) is 10.8. The van der Waals surface area contributed by atoms with Gasteiger partial charge in [0.15, 0.2) is 0 Å². The minimum Gasteiger partial charge on any atom is -0.497 e. The van der Waals surface area contributed by atoms with Crippen molar-refractivity contribution >= 4 is 111 Å². The third-order valence-electron chi connectivity index (χ3n) is 23.8. The molecule has 12 aromatic carbocycles. The summed E-state index contributed by atoms with van der Waals surface area (Å²) in [5, 5.41) is 34.2. The summed E-state index contributed by atoms with van der Waals surface area (Å²) < 4.78 is 23.6. The van der Waals surface area contributed by atoms with Gasteiger partial charge in [-0.1, -0.05) is 241 Å². The minimum absolute atomic E-state index is 0.00871. The molecule has 0 unspecified atom stereocenters. The summed E-state index contributed by atoms with van der Waals surface area (Å²) >= 11 is 6.10. The first-order valence-corrected chi connectivity index (χ1v) is 46.9. The Morgan fingerprint density at radius 2 is 0.545 bits per heavy atom. The van der Waals surface area contributed by atoms with Gasteiger partial charge in [0.2, 0.25) is 0 Å². The maximum atomic E-state index is 12.5. The van der Waals surface area contributed by atoms with Gasteiger partial charge >= 0.3 is 0 Å². The second-order valence-corrected chi connectivity index (χ2v) is 34.9. The Morgan fingerprint density at radius 3 is 0.874 bits per heavy atom. The number of fused-ring (bicyclic) bond motifs is 6. The molecule has 6 heterocycles. The summed E-state index contributed by atoms with van der Waals surface area (Å²) in [5.74, 6) is 2.67. The molecule has 18 rings (SSSR count). The fourth-order valence-corrected chi connectivity index (χ4v) is 16.8. The van der Waals surface area contributed by atoms with Crippen molar-refractivity contribution in [1.82, 2.24) is 58.7 Å². The molecule has 18 aromatic rings. The van der Waals surface area contributed by atoms with E-state index in [0.29, 0.717) is 116 Å². The summed E-state index contributed by atoms with van der Waals surface area (Å²) in [6, 6.07) is 89.5. The Kier molecular flexibility index (Phi) is 35.6. The monoisotopic (exact) mass is 1930 g/mol. The van der Waals surface area contributed by atoms with Crippen molar-refractivity contribution in [3.05, 3.63) is 437 Å². The lowest BCUT2D eigenvalue weighted by Gasteiger charge is -2.09. The molecule has 27 nitrogen and oxygen atoms in total. The molecule has 0 saturated carbocycles. The molecule has 6 aromatic heterocycles. The van der Waals surface area contributed by atoms with Crippen LogP contribution in [0.25, 0.3) is 64.6 Å². The molecule has 0 atom stereocenters. The van der Waals surface area contributed by atoms with E-state index in [-0.39, 0.29) is 119 Å². The van der Waals surface area contributed by atoms with Crippen molar-refractivity contribution in [3.63, 3.8) is 0 Å². The molecular formula is C115H109ClN12O15. The molecule has 726 valence electrons. The lowest BCUT2D eigenvalue weighted by Crippen LogP contribution is -2.22. The number of aryl methyl sites for hydroxylation is 9. The molecule has 28 heteroatoms. The van der Waals surface area contributed by atoms with E-state index in [2.05, 4.69) is 30.6 Å². The predicted molar refractivity (Wildman–Crippen MR) is 558 cm³/mol. The van der Waals surface area contributed by atoms with E-state index in [1.54, 1.807) is 105 Å².